The summed E-state index contributed by atoms with van der Waals surface area (Å²) in [5.41, 5.74) is 5.88. The van der Waals surface area contributed by atoms with Gasteiger partial charge in [-0.15, -0.1) is 20.4 Å². The van der Waals surface area contributed by atoms with Crippen LogP contribution in [0.15, 0.2) is 85.5 Å². The number of aryl methyl sites for hydroxylation is 2. The van der Waals surface area contributed by atoms with E-state index in [1.165, 1.54) is 35.6 Å². The quantitative estimate of drug-likeness (QED) is 0.0416. The van der Waals surface area contributed by atoms with Crippen molar-refractivity contribution in [3.8, 4) is 11.5 Å². The number of rotatable bonds is 23. The van der Waals surface area contributed by atoms with Crippen molar-refractivity contribution in [3.63, 3.8) is 0 Å². The van der Waals surface area contributed by atoms with Crippen LogP contribution in [0, 0.1) is 0 Å². The Bertz CT molecular complexity index is 3450. The van der Waals surface area contributed by atoms with Gasteiger partial charge in [-0.3, -0.25) is 28.6 Å². The Morgan fingerprint density at radius 3 is 1.49 bits per heavy atom. The molecule has 3 amide bonds. The first-order valence-electron chi connectivity index (χ1n) is 29.5. The third-order valence-corrected chi connectivity index (χ3v) is 16.8. The van der Waals surface area contributed by atoms with Crippen molar-refractivity contribution in [3.05, 3.63) is 130 Å². The Hall–Kier alpha value is -8.33. The third-order valence-electron chi connectivity index (χ3n) is 16.8. The maximum atomic E-state index is 15.0. The fraction of sp³-hybridized carbons (Fsp3) is 0.500. The van der Waals surface area contributed by atoms with Crippen molar-refractivity contribution < 1.29 is 59.2 Å². The minimum absolute atomic E-state index is 0.0737. The topological polar surface area (TPSA) is 360 Å². The molecule has 4 aliphatic heterocycles. The molecule has 1 spiro atoms. The number of carbonyl (C=O) groups excluding carboxylic acids is 3. The van der Waals surface area contributed by atoms with Gasteiger partial charge in [-0.05, 0) is 51.5 Å². The molecule has 468 valence electrons. The van der Waals surface area contributed by atoms with Gasteiger partial charge in [0.2, 0.25) is 11.8 Å². The second kappa shape index (κ2) is 25.8. The number of aromatic nitrogens is 12. The van der Waals surface area contributed by atoms with Crippen LogP contribution >= 0.6 is 0 Å². The average Bonchev–Trinajstić information content (AvgIpc) is 1.46. The molecule has 11 rings (SSSR count). The number of aliphatic hydroxyl groups excluding tert-OH is 6. The zero-order chi connectivity index (χ0) is 62.1. The Morgan fingerprint density at radius 2 is 1.02 bits per heavy atom. The molecule has 2 saturated heterocycles. The van der Waals surface area contributed by atoms with Crippen LogP contribution in [-0.2, 0) is 63.9 Å². The summed E-state index contributed by atoms with van der Waals surface area (Å²) in [7, 11) is 0. The highest BCUT2D eigenvalue weighted by atomic mass is 16.6. The maximum Gasteiger partial charge on any atom is 0.255 e. The SMILES string of the molecule is CCN(CC)c1ccc2c(c1)Oc1cc(N(CC)CC)ccc1C21c2ccccc2C(=O)N1Cc1cn(CCn2cc(CN(Cc3cn(C4OC(CO)C(O)C(O)C4NC(C)=O)nn3)Cc3cn(C4OC(CO)C(O)C(O)C4NC(C)=O)nn3)nn2)nn1. The predicted molar refractivity (Wildman–Crippen MR) is 311 cm³/mol. The molecule has 10 unspecified atom stereocenters. The number of hydrogen-bond donors (Lipinski definition) is 8. The van der Waals surface area contributed by atoms with E-state index >= 15 is 4.79 Å². The lowest BCUT2D eigenvalue weighted by Crippen LogP contribution is -2.62. The van der Waals surface area contributed by atoms with E-state index in [1.807, 2.05) is 40.3 Å². The summed E-state index contributed by atoms with van der Waals surface area (Å²) >= 11 is 0. The number of benzene rings is 3. The molecule has 8 N–H and O–H groups in total. The average molecular weight is 1220 g/mol. The van der Waals surface area contributed by atoms with Gasteiger partial charge in [0.25, 0.3) is 5.91 Å². The first kappa shape index (κ1) is 61.3. The van der Waals surface area contributed by atoms with Crippen molar-refractivity contribution in [2.45, 2.75) is 148 Å². The normalized spacial score (nSPS) is 23.6. The molecule has 4 aliphatic rings. The number of carbonyl (C=O) groups is 3. The third kappa shape index (κ3) is 11.7. The van der Waals surface area contributed by atoms with Crippen molar-refractivity contribution in [1.82, 2.24) is 80.4 Å². The summed E-state index contributed by atoms with van der Waals surface area (Å²) in [6.07, 6.45) is -4.22. The Kier molecular flexibility index (Phi) is 18.0. The monoisotopic (exact) mass is 1210 g/mol. The number of aliphatic hydroxyl groups is 6. The van der Waals surface area contributed by atoms with E-state index in [4.69, 9.17) is 14.2 Å². The molecular weight excluding hydrogens is 1140 g/mol. The summed E-state index contributed by atoms with van der Waals surface area (Å²) in [5.74, 6) is 0.151. The standard InChI is InChI=1S/C58H74N18O12/c1-7-70(8-2)39-15-17-43-45(21-39)86-46-22-40(71(9-3)10-4)16-18-44(46)58(43)42-14-12-11-13-41(42)55(85)74(58)28-38-27-73(66-62-38)20-19-72-26-35(61-65-72)23-69(24-36-29-75(67-63-36)56-49(59-33(5)79)53(83)51(81)47(31-77)87-56)25-37-30-76(68-64-37)57-50(60-34(6)80)54(84)52(82)48(32-78)88-57/h11-18,21-22,26-27,29-30,47-54,56-57,77-78,81-84H,7-10,19-20,23-25,28,31-32H2,1-6H3,(H,59,79)(H,60,80). The van der Waals surface area contributed by atoms with E-state index in [0.29, 0.717) is 52.9 Å². The van der Waals surface area contributed by atoms with E-state index in [0.717, 1.165) is 54.2 Å². The molecule has 30 nitrogen and oxygen atoms in total. The molecule has 88 heavy (non-hydrogen) atoms. The van der Waals surface area contributed by atoms with Crippen molar-refractivity contribution >= 4 is 29.1 Å². The zero-order valence-electron chi connectivity index (χ0n) is 49.6. The second-order valence-electron chi connectivity index (χ2n) is 22.3. The van der Waals surface area contributed by atoms with E-state index in [9.17, 15) is 40.2 Å². The maximum absolute atomic E-state index is 15.0. The Balaban J connectivity index is 0.845. The first-order chi connectivity index (χ1) is 42.5. The van der Waals surface area contributed by atoms with Crippen molar-refractivity contribution in [2.75, 3.05) is 49.2 Å². The second-order valence-corrected chi connectivity index (χ2v) is 22.3. The molecule has 0 radical (unpaired) electrons. The van der Waals surface area contributed by atoms with E-state index in [2.05, 4.69) is 126 Å². The molecule has 10 atom stereocenters. The van der Waals surface area contributed by atoms with Gasteiger partial charge >= 0.3 is 0 Å². The predicted octanol–water partition coefficient (Wildman–Crippen LogP) is -0.0664. The lowest BCUT2D eigenvalue weighted by molar-refractivity contribution is -0.219. The summed E-state index contributed by atoms with van der Waals surface area (Å²) in [6, 6.07) is 17.9. The minimum Gasteiger partial charge on any atom is -0.456 e. The van der Waals surface area contributed by atoms with E-state index in [-0.39, 0.29) is 32.1 Å². The smallest absolute Gasteiger partial charge is 0.255 e. The summed E-state index contributed by atoms with van der Waals surface area (Å²) in [4.78, 5) is 47.8. The van der Waals surface area contributed by atoms with Crippen molar-refractivity contribution in [1.29, 1.82) is 0 Å². The van der Waals surface area contributed by atoms with E-state index < -0.39 is 91.7 Å². The van der Waals surface area contributed by atoms with Gasteiger partial charge in [0.1, 0.15) is 71.4 Å². The van der Waals surface area contributed by atoms with Crippen LogP contribution in [-0.4, -0.2) is 206 Å². The minimum atomic E-state index is -1.53. The van der Waals surface area contributed by atoms with Gasteiger partial charge in [-0.1, -0.05) is 51.2 Å². The van der Waals surface area contributed by atoms with Gasteiger partial charge in [-0.25, -0.2) is 9.36 Å². The molecular formula is C58H74N18O12. The van der Waals surface area contributed by atoms with Crippen LogP contribution in [0.2, 0.25) is 0 Å². The van der Waals surface area contributed by atoms with Crippen LogP contribution in [0.3, 0.4) is 0 Å². The molecule has 8 heterocycles. The van der Waals surface area contributed by atoms with Gasteiger partial charge in [0.05, 0.1) is 68.5 Å². The van der Waals surface area contributed by atoms with Crippen LogP contribution in [0.5, 0.6) is 11.5 Å². The molecule has 30 heteroatoms. The number of fused-ring (bicyclic) bond motifs is 6. The highest BCUT2D eigenvalue weighted by Gasteiger charge is 2.57. The highest BCUT2D eigenvalue weighted by molar-refractivity contribution is 6.02. The Morgan fingerprint density at radius 1 is 0.580 bits per heavy atom. The van der Waals surface area contributed by atoms with Crippen LogP contribution < -0.4 is 25.2 Å². The fourth-order valence-electron chi connectivity index (χ4n) is 12.5. The molecule has 3 aromatic carbocycles. The molecule has 0 saturated carbocycles. The first-order valence-corrected chi connectivity index (χ1v) is 29.5. The number of nitrogens with zero attached hydrogens (tertiary/aromatic N) is 16. The fourth-order valence-corrected chi connectivity index (χ4v) is 12.5. The van der Waals surface area contributed by atoms with Crippen molar-refractivity contribution in [2.24, 2.45) is 0 Å². The number of nitrogens with one attached hydrogen (secondary N) is 2. The largest absolute Gasteiger partial charge is 0.456 e. The van der Waals surface area contributed by atoms with Gasteiger partial charge in [0.15, 0.2) is 12.5 Å². The number of amides is 3. The summed E-state index contributed by atoms with van der Waals surface area (Å²) in [6.45, 7) is 14.0. The highest BCUT2D eigenvalue weighted by Crippen LogP contribution is 2.58. The zero-order valence-corrected chi connectivity index (χ0v) is 49.6. The lowest BCUT2D eigenvalue weighted by Gasteiger charge is -2.44. The van der Waals surface area contributed by atoms with Gasteiger partial charge in [-0.2, -0.15) is 0 Å². The molecule has 7 aromatic rings. The summed E-state index contributed by atoms with van der Waals surface area (Å²) in [5, 5.41) is 104. The van der Waals surface area contributed by atoms with Gasteiger partial charge < -0.3 is 70.2 Å². The van der Waals surface area contributed by atoms with E-state index in [1.54, 1.807) is 15.6 Å². The molecule has 2 fully saturated rings. The Labute approximate surface area is 505 Å². The number of anilines is 2. The summed E-state index contributed by atoms with van der Waals surface area (Å²) < 4.78 is 24.7. The molecule has 4 aromatic heterocycles. The number of hydrogen-bond acceptors (Lipinski definition) is 23. The van der Waals surface area contributed by atoms with Crippen LogP contribution in [0.4, 0.5) is 11.4 Å². The molecule has 0 bridgehead atoms. The molecule has 0 aliphatic carbocycles. The van der Waals surface area contributed by atoms with Crippen LogP contribution in [0.25, 0.3) is 0 Å². The number of ether oxygens (including phenoxy) is 3. The van der Waals surface area contributed by atoms with Crippen LogP contribution in [0.1, 0.15) is 104 Å². The lowest BCUT2D eigenvalue weighted by atomic mass is 9.74. The van der Waals surface area contributed by atoms with Gasteiger partial charge in [0, 0.05) is 106 Å².